The molecule has 1 N–H and O–H groups in total. The first-order valence-corrected chi connectivity index (χ1v) is 31.6. The molecule has 10 heteroatoms. The number of hydrogen-bond acceptors (Lipinski definition) is 10. The minimum atomic E-state index is -1.92. The van der Waals surface area contributed by atoms with Gasteiger partial charge in [-0.15, -0.1) is 0 Å². The van der Waals surface area contributed by atoms with Crippen LogP contribution >= 0.6 is 0 Å². The Balaban J connectivity index is 1.07. The van der Waals surface area contributed by atoms with Gasteiger partial charge in [0.25, 0.3) is 0 Å². The second-order valence-electron chi connectivity index (χ2n) is 33.7. The minimum Gasteiger partial charge on any atom is -0.376 e. The summed E-state index contributed by atoms with van der Waals surface area (Å²) in [6.07, 6.45) is 0. The van der Waals surface area contributed by atoms with Crippen LogP contribution in [0.25, 0.3) is 215 Å². The number of hydrogen-bond donors (Lipinski definition) is 1. The minimum absolute atomic E-state index is 0.696. The fraction of sp³-hybridized carbons (Fsp3) is 0.299. The topological polar surface area (TPSA) is 103 Å². The molecule has 11 aliphatic carbocycles. The molecule has 0 radical (unpaired) electrons. The van der Waals surface area contributed by atoms with E-state index < -0.39 is 56.0 Å². The third-order valence-corrected chi connectivity index (χ3v) is 26.4. The van der Waals surface area contributed by atoms with E-state index in [9.17, 15) is 0 Å². The zero-order chi connectivity index (χ0) is 56.5. The third kappa shape index (κ3) is 2.61. The van der Waals surface area contributed by atoms with Crippen molar-refractivity contribution >= 4 is 215 Å². The molecule has 0 fully saturated rings. The van der Waals surface area contributed by atoms with Gasteiger partial charge in [0.2, 0.25) is 0 Å². The van der Waals surface area contributed by atoms with Gasteiger partial charge in [-0.3, -0.25) is 0 Å². The number of benzene rings is 15. The molecule has 0 aliphatic heterocycles. The molecule has 32 rings (SSSR count). The highest BCUT2D eigenvalue weighted by molar-refractivity contribution is 6.77. The molecule has 0 aromatic heterocycles. The van der Waals surface area contributed by atoms with E-state index in [0.717, 1.165) is 88.3 Å². The molecule has 21 aromatic rings. The molecule has 0 unspecified atom stereocenters. The van der Waals surface area contributed by atoms with Crippen molar-refractivity contribution in [2.75, 3.05) is 7.11 Å². The first-order chi connectivity index (χ1) is 41.6. The number of methoxy groups -OCH3 is 1. The Bertz CT molecular complexity index is 7390. The number of rotatable bonds is 9. The average Bonchev–Trinajstić information content (AvgIpc) is 1.37. The number of ether oxygens (including phenoxy) is 1. The average molecular weight is 1130 g/mol. The van der Waals surface area contributed by atoms with Crippen molar-refractivity contribution in [2.45, 2.75) is 139 Å². The smallest absolute Gasteiger partial charge is 0.196 e. The molecular weight excluding hydrogens is 1080 g/mol. The standard InChI is InChI=1S/C77H40O10/c1-68(2,3)80-84-73-56-46-36-26-19-14-15-17-18-16(14)21-28(26)38-39-29(21)31-23(18)33-32-22(17)30-27-20(15)25-24(19)34(36)44-45-35(25)37(27)47-50-40(30)42(32)52-53-43(33)41(31)51-49(39)59(58(73)48(38)46)75(85-81-69(4,5)6)61(51)63(53)76(86-82-70(7,8)9)62(52)60(50)74(79-13)57(47)55(45)72(78,54(44)56)64-65(73)67(75)77(76,66(64)74)87-83-71(10,11)12/h78H,1-13H3/t72-,73+,74-,75+,76-,77+/m0/s1. The Labute approximate surface area is 486 Å². The molecule has 408 valence electrons. The van der Waals surface area contributed by atoms with Crippen LogP contribution in [0, 0.1) is 0 Å². The lowest BCUT2D eigenvalue weighted by atomic mass is 9.49. The number of aliphatic hydroxyl groups is 1. The Hall–Kier alpha value is -7.42. The molecule has 10 nitrogen and oxygen atoms in total. The summed E-state index contributed by atoms with van der Waals surface area (Å²) in [6, 6.07) is 0. The van der Waals surface area contributed by atoms with Crippen LogP contribution in [0.5, 0.6) is 0 Å². The third-order valence-electron chi connectivity index (χ3n) is 26.4. The summed E-state index contributed by atoms with van der Waals surface area (Å²) >= 11 is 0. The predicted molar refractivity (Wildman–Crippen MR) is 336 cm³/mol. The monoisotopic (exact) mass is 1120 g/mol. The van der Waals surface area contributed by atoms with Crippen LogP contribution in [0.3, 0.4) is 0 Å². The molecule has 11 aliphatic rings. The molecule has 87 heavy (non-hydrogen) atoms. The van der Waals surface area contributed by atoms with Gasteiger partial charge in [-0.05, 0) is 299 Å². The second-order valence-corrected chi connectivity index (χ2v) is 33.7. The van der Waals surface area contributed by atoms with Crippen LogP contribution in [0.1, 0.15) is 139 Å². The summed E-state index contributed by atoms with van der Waals surface area (Å²) in [6.45, 7) is 24.9. The largest absolute Gasteiger partial charge is 0.376 e. The van der Waals surface area contributed by atoms with Crippen LogP contribution in [0.15, 0.2) is 22.3 Å². The quantitative estimate of drug-likeness (QED) is 0.0854. The van der Waals surface area contributed by atoms with E-state index in [1.807, 2.05) is 7.11 Å². The second kappa shape index (κ2) is 9.46. The maximum atomic E-state index is 16.4. The lowest BCUT2D eigenvalue weighted by molar-refractivity contribution is -0.479. The molecule has 0 spiro atoms. The molecule has 0 saturated carbocycles. The van der Waals surface area contributed by atoms with Gasteiger partial charge < -0.3 is 9.84 Å². The van der Waals surface area contributed by atoms with Gasteiger partial charge in [-0.1, -0.05) is 0 Å². The normalized spacial score (nSPS) is 29.2. The van der Waals surface area contributed by atoms with Crippen molar-refractivity contribution < 1.29 is 48.9 Å². The summed E-state index contributed by atoms with van der Waals surface area (Å²) < 4.78 is 8.11. The van der Waals surface area contributed by atoms with Crippen molar-refractivity contribution in [1.82, 2.24) is 0 Å². The van der Waals surface area contributed by atoms with Crippen LogP contribution in [-0.2, 0) is 71.8 Å². The van der Waals surface area contributed by atoms with Gasteiger partial charge in [0.1, 0.15) is 11.2 Å². The molecule has 0 amide bonds. The van der Waals surface area contributed by atoms with Crippen molar-refractivity contribution in [3.05, 3.63) is 77.9 Å². The van der Waals surface area contributed by atoms with Crippen LogP contribution < -0.4 is 0 Å². The maximum absolute atomic E-state index is 16.4. The summed E-state index contributed by atoms with van der Waals surface area (Å²) in [5.74, 6) is 0. The van der Waals surface area contributed by atoms with E-state index >= 15 is 5.11 Å². The van der Waals surface area contributed by atoms with E-state index in [1.165, 1.54) is 194 Å². The van der Waals surface area contributed by atoms with E-state index in [0.29, 0.717) is 11.1 Å². The summed E-state index contributed by atoms with van der Waals surface area (Å²) in [4.78, 5) is 62.6. The zero-order valence-corrected chi connectivity index (χ0v) is 49.1. The van der Waals surface area contributed by atoms with Gasteiger partial charge in [-0.25, -0.2) is 39.1 Å². The van der Waals surface area contributed by atoms with Gasteiger partial charge in [0, 0.05) is 85.0 Å². The van der Waals surface area contributed by atoms with E-state index in [-0.39, 0.29) is 0 Å². The lowest BCUT2D eigenvalue weighted by Crippen LogP contribution is -2.70. The van der Waals surface area contributed by atoms with Gasteiger partial charge in [-0.2, -0.15) is 0 Å². The highest BCUT2D eigenvalue weighted by Crippen LogP contribution is 2.92. The molecular formula is C77H40O10. The van der Waals surface area contributed by atoms with E-state index in [2.05, 4.69) is 83.1 Å². The van der Waals surface area contributed by atoms with Crippen LogP contribution in [-0.4, -0.2) is 40.2 Å². The SMILES string of the molecule is CO[C@@]12C3=C4C5=C6[C@@]7(OOC(C)(C)C)c8c9c%10c%11c(c%12c%13c%14c(c1c1c%15c2c2c%16c%17c(c7c7c8c8c%10c%10c%18c%11c%13c%11c%13c%14c1c1c%14c%15c%16c%15c%16c%17c7c7c8c%10c8c(c%11%18)c(c%131)c(c%14%15)c8c7%16)[C@]2(OOC(C)(C)C)[C@]63OOC(C)(C)C)[C@]4%12O)[C@]59OOC(C)(C)C. The highest BCUT2D eigenvalue weighted by Gasteiger charge is 2.90. The highest BCUT2D eigenvalue weighted by atomic mass is 17.2. The molecule has 0 bridgehead atoms. The molecule has 21 aromatic carbocycles. The van der Waals surface area contributed by atoms with Gasteiger partial charge >= 0.3 is 0 Å². The first kappa shape index (κ1) is 40.9. The summed E-state index contributed by atoms with van der Waals surface area (Å²) in [5.41, 5.74) is -0.690. The van der Waals surface area contributed by atoms with Crippen molar-refractivity contribution in [2.24, 2.45) is 0 Å². The lowest BCUT2D eigenvalue weighted by Gasteiger charge is -2.62. The van der Waals surface area contributed by atoms with Crippen molar-refractivity contribution in [3.8, 4) is 0 Å². The van der Waals surface area contributed by atoms with Crippen LogP contribution in [0.2, 0.25) is 0 Å². The van der Waals surface area contributed by atoms with Gasteiger partial charge in [0.05, 0.1) is 22.4 Å². The Morgan fingerprint density at radius 2 is 0.448 bits per heavy atom. The van der Waals surface area contributed by atoms with E-state index in [4.69, 9.17) is 43.8 Å². The Morgan fingerprint density at radius 1 is 0.230 bits per heavy atom. The fourth-order valence-electron chi connectivity index (χ4n) is 26.0. The van der Waals surface area contributed by atoms with Gasteiger partial charge in [0.15, 0.2) is 22.4 Å². The summed E-state index contributed by atoms with van der Waals surface area (Å²) in [7, 11) is 1.92. The molecule has 6 atom stereocenters. The molecule has 0 heterocycles. The predicted octanol–water partition coefficient (Wildman–Crippen LogP) is 17.4. The first-order valence-electron chi connectivity index (χ1n) is 31.6. The van der Waals surface area contributed by atoms with Crippen molar-refractivity contribution in [1.29, 1.82) is 0 Å². The molecule has 0 saturated heterocycles. The Kier molecular flexibility index (Phi) is 4.45. The van der Waals surface area contributed by atoms with E-state index in [1.54, 1.807) is 0 Å². The van der Waals surface area contributed by atoms with Crippen LogP contribution in [0.4, 0.5) is 0 Å². The maximum Gasteiger partial charge on any atom is 0.196 e. The Morgan fingerprint density at radius 3 is 0.782 bits per heavy atom. The fourth-order valence-corrected chi connectivity index (χ4v) is 26.0. The zero-order valence-electron chi connectivity index (χ0n) is 49.1. The van der Waals surface area contributed by atoms with Crippen molar-refractivity contribution in [3.63, 3.8) is 0 Å². The summed E-state index contributed by atoms with van der Waals surface area (Å²) in [5, 5.41) is 69.1.